The van der Waals surface area contributed by atoms with Crippen LogP contribution in [-0.2, 0) is 0 Å². The number of imidazole rings is 1. The van der Waals surface area contributed by atoms with Gasteiger partial charge in [-0.3, -0.25) is 14.4 Å². The van der Waals surface area contributed by atoms with Crippen LogP contribution in [0.25, 0.3) is 0 Å². The number of aromatic nitrogens is 2. The summed E-state index contributed by atoms with van der Waals surface area (Å²) in [5.41, 5.74) is -0.0783. The maximum atomic E-state index is 14.1. The first kappa shape index (κ1) is 24.2. The topological polar surface area (TPSA) is 125 Å². The Morgan fingerprint density at radius 3 is 2.15 bits per heavy atom. The summed E-state index contributed by atoms with van der Waals surface area (Å²) < 4.78 is 54.3. The van der Waals surface area contributed by atoms with Gasteiger partial charge in [-0.1, -0.05) is 0 Å². The second kappa shape index (κ2) is 10.0. The molecule has 0 radical (unpaired) electrons. The standard InChI is InChI=1S/C21H17F4N5O4/c1-2-26-19(32)16-17(28-10-27-16)20(33)30-12-5-3-11(4-6-12)29-18(31)14-8-7-13(9-15(14)22)34-21(23,24)25/h3-10H,2H2,1H3,(H,26,32)(H,27,28)(H,29,31)(H,30,33). The predicted molar refractivity (Wildman–Crippen MR) is 112 cm³/mol. The van der Waals surface area contributed by atoms with Crippen LogP contribution in [0, 0.1) is 5.82 Å². The summed E-state index contributed by atoms with van der Waals surface area (Å²) in [6.45, 7) is 2.08. The molecule has 0 aliphatic heterocycles. The molecular formula is C21H17F4N5O4. The lowest BCUT2D eigenvalue weighted by atomic mass is 10.2. The van der Waals surface area contributed by atoms with Crippen LogP contribution in [0.5, 0.6) is 5.75 Å². The summed E-state index contributed by atoms with van der Waals surface area (Å²) in [5.74, 6) is -4.05. The SMILES string of the molecule is CCNC(=O)c1[nH]cnc1C(=O)Nc1ccc(NC(=O)c2ccc(OC(F)(F)F)cc2F)cc1. The predicted octanol–water partition coefficient (Wildman–Crippen LogP) is 3.70. The van der Waals surface area contributed by atoms with Crippen LogP contribution in [-0.4, -0.2) is 40.6 Å². The number of ether oxygens (including phenoxy) is 1. The highest BCUT2D eigenvalue weighted by Gasteiger charge is 2.31. The first-order chi connectivity index (χ1) is 16.1. The van der Waals surface area contributed by atoms with Crippen molar-refractivity contribution in [3.63, 3.8) is 0 Å². The Bertz CT molecular complexity index is 1210. The van der Waals surface area contributed by atoms with Gasteiger partial charge in [0.05, 0.1) is 11.9 Å². The molecule has 13 heteroatoms. The second-order valence-corrected chi connectivity index (χ2v) is 6.66. The summed E-state index contributed by atoms with van der Waals surface area (Å²) in [6.07, 6.45) is -3.78. The van der Waals surface area contributed by atoms with Crippen molar-refractivity contribution in [2.75, 3.05) is 17.2 Å². The van der Waals surface area contributed by atoms with Crippen LogP contribution < -0.4 is 20.7 Å². The zero-order chi connectivity index (χ0) is 24.9. The number of anilines is 2. The third kappa shape index (κ3) is 6.09. The number of alkyl halides is 3. The van der Waals surface area contributed by atoms with Gasteiger partial charge in [-0.2, -0.15) is 0 Å². The quantitative estimate of drug-likeness (QED) is 0.385. The van der Waals surface area contributed by atoms with Crippen molar-refractivity contribution in [2.45, 2.75) is 13.3 Å². The maximum absolute atomic E-state index is 14.1. The van der Waals surface area contributed by atoms with Crippen LogP contribution in [0.2, 0.25) is 0 Å². The smallest absolute Gasteiger partial charge is 0.406 e. The van der Waals surface area contributed by atoms with Crippen LogP contribution >= 0.6 is 0 Å². The van der Waals surface area contributed by atoms with E-state index in [0.717, 1.165) is 12.1 Å². The molecule has 3 aromatic rings. The molecule has 3 amide bonds. The Hall–Kier alpha value is -4.42. The largest absolute Gasteiger partial charge is 0.573 e. The minimum absolute atomic E-state index is 0.00286. The minimum atomic E-state index is -4.99. The molecule has 0 fully saturated rings. The fourth-order valence-corrected chi connectivity index (χ4v) is 2.79. The second-order valence-electron chi connectivity index (χ2n) is 6.66. The van der Waals surface area contributed by atoms with E-state index < -0.39 is 41.2 Å². The van der Waals surface area contributed by atoms with Crippen LogP contribution in [0.3, 0.4) is 0 Å². The summed E-state index contributed by atoms with van der Waals surface area (Å²) in [5, 5.41) is 7.48. The molecule has 4 N–H and O–H groups in total. The molecule has 0 spiro atoms. The van der Waals surface area contributed by atoms with Gasteiger partial charge in [0.15, 0.2) is 5.69 Å². The van der Waals surface area contributed by atoms with E-state index in [9.17, 15) is 31.9 Å². The van der Waals surface area contributed by atoms with Gasteiger partial charge in [0, 0.05) is 24.0 Å². The number of carbonyl (C=O) groups is 3. The summed E-state index contributed by atoms with van der Waals surface area (Å²) >= 11 is 0. The lowest BCUT2D eigenvalue weighted by molar-refractivity contribution is -0.274. The number of benzene rings is 2. The molecule has 1 aromatic heterocycles. The Kier molecular flexibility index (Phi) is 7.14. The zero-order valence-electron chi connectivity index (χ0n) is 17.4. The number of carbonyl (C=O) groups excluding carboxylic acids is 3. The number of H-pyrrole nitrogens is 1. The van der Waals surface area contributed by atoms with Crippen molar-refractivity contribution < 1.29 is 36.7 Å². The van der Waals surface area contributed by atoms with E-state index in [4.69, 9.17) is 0 Å². The first-order valence-corrected chi connectivity index (χ1v) is 9.67. The van der Waals surface area contributed by atoms with Gasteiger partial charge in [0.1, 0.15) is 17.3 Å². The molecule has 0 aliphatic carbocycles. The normalized spacial score (nSPS) is 11.0. The molecule has 0 aliphatic rings. The first-order valence-electron chi connectivity index (χ1n) is 9.67. The molecule has 178 valence electrons. The van der Waals surface area contributed by atoms with Gasteiger partial charge >= 0.3 is 6.36 Å². The maximum Gasteiger partial charge on any atom is 0.573 e. The van der Waals surface area contributed by atoms with Gasteiger partial charge in [-0.05, 0) is 43.3 Å². The molecule has 34 heavy (non-hydrogen) atoms. The lowest BCUT2D eigenvalue weighted by Crippen LogP contribution is -2.26. The average molecular weight is 479 g/mol. The molecule has 0 bridgehead atoms. The number of aromatic amines is 1. The molecule has 3 rings (SSSR count). The summed E-state index contributed by atoms with van der Waals surface area (Å²) in [6, 6.07) is 7.80. The van der Waals surface area contributed by atoms with Gasteiger partial charge < -0.3 is 25.7 Å². The van der Waals surface area contributed by atoms with Gasteiger partial charge in [0.2, 0.25) is 0 Å². The molecule has 2 aromatic carbocycles. The van der Waals surface area contributed by atoms with Crippen LogP contribution in [0.4, 0.5) is 28.9 Å². The molecule has 0 atom stereocenters. The van der Waals surface area contributed by atoms with E-state index >= 15 is 0 Å². The Morgan fingerprint density at radius 1 is 0.971 bits per heavy atom. The lowest BCUT2D eigenvalue weighted by Gasteiger charge is -2.11. The fraction of sp³-hybridized carbons (Fsp3) is 0.143. The van der Waals surface area contributed by atoms with Crippen molar-refractivity contribution >= 4 is 29.1 Å². The zero-order valence-corrected chi connectivity index (χ0v) is 17.4. The molecule has 1 heterocycles. The number of nitrogens with zero attached hydrogens (tertiary/aromatic N) is 1. The third-order valence-corrected chi connectivity index (χ3v) is 4.24. The van der Waals surface area contributed by atoms with E-state index in [2.05, 4.69) is 30.7 Å². The van der Waals surface area contributed by atoms with Crippen molar-refractivity contribution in [1.82, 2.24) is 15.3 Å². The number of nitrogens with one attached hydrogen (secondary N) is 4. The third-order valence-electron chi connectivity index (χ3n) is 4.24. The summed E-state index contributed by atoms with van der Waals surface area (Å²) in [4.78, 5) is 43.1. The summed E-state index contributed by atoms with van der Waals surface area (Å²) in [7, 11) is 0. The number of rotatable bonds is 7. The molecule has 0 saturated heterocycles. The van der Waals surface area contributed by atoms with Crippen LogP contribution in [0.1, 0.15) is 38.3 Å². The monoisotopic (exact) mass is 479 g/mol. The van der Waals surface area contributed by atoms with Crippen LogP contribution in [0.15, 0.2) is 48.8 Å². The highest BCUT2D eigenvalue weighted by Crippen LogP contribution is 2.25. The fourth-order valence-electron chi connectivity index (χ4n) is 2.79. The van der Waals surface area contributed by atoms with Gasteiger partial charge in [0.25, 0.3) is 17.7 Å². The average Bonchev–Trinajstić information content (AvgIpc) is 3.24. The van der Waals surface area contributed by atoms with E-state index in [1.54, 1.807) is 6.92 Å². The van der Waals surface area contributed by atoms with Crippen molar-refractivity contribution in [1.29, 1.82) is 0 Å². The van der Waals surface area contributed by atoms with Crippen molar-refractivity contribution in [3.05, 3.63) is 71.6 Å². The van der Waals surface area contributed by atoms with Gasteiger partial charge in [-0.15, -0.1) is 13.2 Å². The van der Waals surface area contributed by atoms with Crippen molar-refractivity contribution in [3.8, 4) is 5.75 Å². The Labute approximate surface area is 189 Å². The number of hydrogen-bond donors (Lipinski definition) is 4. The molecular weight excluding hydrogens is 462 g/mol. The molecule has 9 nitrogen and oxygen atoms in total. The van der Waals surface area contributed by atoms with E-state index in [-0.39, 0.29) is 17.1 Å². The van der Waals surface area contributed by atoms with Crippen molar-refractivity contribution in [2.24, 2.45) is 0 Å². The van der Waals surface area contributed by atoms with E-state index in [1.165, 1.54) is 30.6 Å². The molecule has 0 saturated carbocycles. The van der Waals surface area contributed by atoms with E-state index in [0.29, 0.717) is 18.3 Å². The molecule has 0 unspecified atom stereocenters. The Balaban J connectivity index is 1.64. The number of amides is 3. The number of hydrogen-bond acceptors (Lipinski definition) is 5. The minimum Gasteiger partial charge on any atom is -0.406 e. The highest BCUT2D eigenvalue weighted by atomic mass is 19.4. The van der Waals surface area contributed by atoms with Gasteiger partial charge in [-0.25, -0.2) is 9.37 Å². The van der Waals surface area contributed by atoms with E-state index in [1.807, 2.05) is 0 Å². The Morgan fingerprint density at radius 2 is 1.59 bits per heavy atom. The number of halogens is 4. The highest BCUT2D eigenvalue weighted by molar-refractivity contribution is 6.10.